The fourth-order valence-corrected chi connectivity index (χ4v) is 2.04. The molecule has 16 heavy (non-hydrogen) atoms. The first-order valence-corrected chi connectivity index (χ1v) is 5.59. The topological polar surface area (TPSA) is 45.8 Å². The van der Waals surface area contributed by atoms with E-state index < -0.39 is 0 Å². The lowest BCUT2D eigenvalue weighted by Crippen LogP contribution is -2.52. The van der Waals surface area contributed by atoms with Crippen molar-refractivity contribution < 1.29 is 14.3 Å². The van der Waals surface area contributed by atoms with Gasteiger partial charge in [-0.2, -0.15) is 0 Å². The summed E-state index contributed by atoms with van der Waals surface area (Å²) in [5.41, 5.74) is -0.0738. The smallest absolute Gasteiger partial charge is 0.120 e. The molecule has 0 saturated carbocycles. The highest BCUT2D eigenvalue weighted by molar-refractivity contribution is 5.04. The Labute approximate surface area is 95.8 Å². The van der Waals surface area contributed by atoms with E-state index in [1.54, 1.807) is 6.26 Å². The summed E-state index contributed by atoms with van der Waals surface area (Å²) in [6.07, 6.45) is 1.69. The number of nitrogens with zero attached hydrogens (tertiary/aromatic N) is 1. The molecule has 2 rings (SSSR count). The minimum Gasteiger partial charge on any atom is -0.468 e. The number of rotatable bonds is 5. The van der Waals surface area contributed by atoms with Crippen LogP contribution < -0.4 is 0 Å². The lowest BCUT2D eigenvalue weighted by atomic mass is 9.86. The summed E-state index contributed by atoms with van der Waals surface area (Å²) in [5, 5.41) is 9.37. The molecule has 1 aromatic rings. The molecule has 0 bridgehead atoms. The Hall–Kier alpha value is -0.840. The molecular weight excluding hydrogens is 206 g/mol. The molecule has 0 aromatic carbocycles. The van der Waals surface area contributed by atoms with Crippen LogP contribution in [0.25, 0.3) is 0 Å². The molecule has 1 aromatic heterocycles. The molecule has 90 valence electrons. The van der Waals surface area contributed by atoms with Gasteiger partial charge >= 0.3 is 0 Å². The molecule has 2 heterocycles. The van der Waals surface area contributed by atoms with Crippen LogP contribution in [0.3, 0.4) is 0 Å². The minimum absolute atomic E-state index is 0.0738. The standard InChI is InChI=1S/C12H19NO3/c1-10(11-4-3-5-16-11)13(2)6-12(7-14)8-15-9-12/h3-5,10,14H,6-9H2,1-2H3. The molecule has 1 saturated heterocycles. The molecule has 0 spiro atoms. The fraction of sp³-hybridized carbons (Fsp3) is 0.667. The second kappa shape index (κ2) is 4.57. The molecule has 1 atom stereocenters. The van der Waals surface area contributed by atoms with Gasteiger partial charge in [0.25, 0.3) is 0 Å². The third kappa shape index (κ3) is 2.14. The van der Waals surface area contributed by atoms with Gasteiger partial charge in [0.1, 0.15) is 5.76 Å². The van der Waals surface area contributed by atoms with Gasteiger partial charge in [0.2, 0.25) is 0 Å². The summed E-state index contributed by atoms with van der Waals surface area (Å²) >= 11 is 0. The number of furan rings is 1. The van der Waals surface area contributed by atoms with E-state index in [0.29, 0.717) is 13.2 Å². The van der Waals surface area contributed by atoms with Gasteiger partial charge in [-0.25, -0.2) is 0 Å². The van der Waals surface area contributed by atoms with Crippen molar-refractivity contribution in [3.8, 4) is 0 Å². The first-order valence-electron chi connectivity index (χ1n) is 5.59. The van der Waals surface area contributed by atoms with E-state index in [0.717, 1.165) is 12.3 Å². The predicted molar refractivity (Wildman–Crippen MR) is 60.1 cm³/mol. The number of aliphatic hydroxyl groups excluding tert-OH is 1. The molecule has 0 aliphatic carbocycles. The third-order valence-corrected chi connectivity index (χ3v) is 3.35. The van der Waals surface area contributed by atoms with E-state index in [-0.39, 0.29) is 18.1 Å². The molecule has 0 radical (unpaired) electrons. The maximum atomic E-state index is 9.37. The quantitative estimate of drug-likeness (QED) is 0.820. The van der Waals surface area contributed by atoms with Crippen molar-refractivity contribution in [1.29, 1.82) is 0 Å². The third-order valence-electron chi connectivity index (χ3n) is 3.35. The highest BCUT2D eigenvalue weighted by Crippen LogP contribution is 2.30. The zero-order valence-corrected chi connectivity index (χ0v) is 9.85. The van der Waals surface area contributed by atoms with Crippen molar-refractivity contribution in [2.75, 3.05) is 33.4 Å². The summed E-state index contributed by atoms with van der Waals surface area (Å²) in [6, 6.07) is 4.09. The minimum atomic E-state index is -0.0738. The van der Waals surface area contributed by atoms with Crippen LogP contribution in [0.2, 0.25) is 0 Å². The van der Waals surface area contributed by atoms with Gasteiger partial charge in [-0.05, 0) is 26.1 Å². The molecule has 4 nitrogen and oxygen atoms in total. The first kappa shape index (κ1) is 11.6. The van der Waals surface area contributed by atoms with E-state index in [4.69, 9.17) is 9.15 Å². The Balaban J connectivity index is 1.95. The van der Waals surface area contributed by atoms with Crippen molar-refractivity contribution in [3.05, 3.63) is 24.2 Å². The van der Waals surface area contributed by atoms with E-state index in [1.165, 1.54) is 0 Å². The zero-order chi connectivity index (χ0) is 11.6. The van der Waals surface area contributed by atoms with Crippen LogP contribution in [-0.4, -0.2) is 43.4 Å². The van der Waals surface area contributed by atoms with Gasteiger partial charge in [-0.15, -0.1) is 0 Å². The average Bonchev–Trinajstić information content (AvgIpc) is 2.75. The van der Waals surface area contributed by atoms with E-state index in [1.807, 2.05) is 19.2 Å². The summed E-state index contributed by atoms with van der Waals surface area (Å²) in [5.74, 6) is 0.954. The molecule has 1 N–H and O–H groups in total. The van der Waals surface area contributed by atoms with Gasteiger partial charge in [0, 0.05) is 6.54 Å². The monoisotopic (exact) mass is 225 g/mol. The lowest BCUT2D eigenvalue weighted by Gasteiger charge is -2.43. The Morgan fingerprint density at radius 1 is 1.56 bits per heavy atom. The van der Waals surface area contributed by atoms with Crippen molar-refractivity contribution in [2.45, 2.75) is 13.0 Å². The maximum absolute atomic E-state index is 9.37. The largest absolute Gasteiger partial charge is 0.468 e. The molecular formula is C12H19NO3. The SMILES string of the molecule is CC(c1ccco1)N(C)CC1(CO)COC1. The number of aliphatic hydroxyl groups is 1. The molecule has 1 aliphatic heterocycles. The zero-order valence-electron chi connectivity index (χ0n) is 9.85. The van der Waals surface area contributed by atoms with Crippen LogP contribution in [0.15, 0.2) is 22.8 Å². The Kier molecular flexibility index (Phi) is 3.33. The Morgan fingerprint density at radius 3 is 2.75 bits per heavy atom. The molecule has 4 heteroatoms. The Morgan fingerprint density at radius 2 is 2.31 bits per heavy atom. The lowest BCUT2D eigenvalue weighted by molar-refractivity contribution is -0.149. The van der Waals surface area contributed by atoms with Crippen molar-refractivity contribution in [2.24, 2.45) is 5.41 Å². The van der Waals surface area contributed by atoms with Gasteiger partial charge in [0.15, 0.2) is 0 Å². The molecule has 1 aliphatic rings. The molecule has 0 amide bonds. The van der Waals surface area contributed by atoms with E-state index in [9.17, 15) is 5.11 Å². The van der Waals surface area contributed by atoms with E-state index in [2.05, 4.69) is 11.8 Å². The summed E-state index contributed by atoms with van der Waals surface area (Å²) in [4.78, 5) is 2.19. The predicted octanol–water partition coefficient (Wildman–Crippen LogP) is 1.28. The van der Waals surface area contributed by atoms with Crippen LogP contribution in [-0.2, 0) is 4.74 Å². The normalized spacial score (nSPS) is 20.8. The summed E-state index contributed by atoms with van der Waals surface area (Å²) < 4.78 is 10.6. The summed E-state index contributed by atoms with van der Waals surface area (Å²) in [7, 11) is 2.04. The maximum Gasteiger partial charge on any atom is 0.120 e. The van der Waals surface area contributed by atoms with Crippen LogP contribution in [0.5, 0.6) is 0 Å². The van der Waals surface area contributed by atoms with Crippen molar-refractivity contribution in [3.63, 3.8) is 0 Å². The van der Waals surface area contributed by atoms with Crippen LogP contribution in [0.4, 0.5) is 0 Å². The summed E-state index contributed by atoms with van der Waals surface area (Å²) in [6.45, 7) is 4.41. The fourth-order valence-electron chi connectivity index (χ4n) is 2.04. The second-order valence-corrected chi connectivity index (χ2v) is 4.76. The Bertz CT molecular complexity index is 314. The molecule has 1 unspecified atom stereocenters. The van der Waals surface area contributed by atoms with Crippen molar-refractivity contribution >= 4 is 0 Å². The molecule has 1 fully saturated rings. The highest BCUT2D eigenvalue weighted by Gasteiger charge is 2.39. The first-order chi connectivity index (χ1) is 7.67. The van der Waals surface area contributed by atoms with Crippen molar-refractivity contribution in [1.82, 2.24) is 4.90 Å². The van der Waals surface area contributed by atoms with E-state index >= 15 is 0 Å². The van der Waals surface area contributed by atoms with Crippen LogP contribution in [0, 0.1) is 5.41 Å². The van der Waals surface area contributed by atoms with Gasteiger partial charge in [-0.3, -0.25) is 4.90 Å². The number of hydrogen-bond donors (Lipinski definition) is 1. The number of ether oxygens (including phenoxy) is 1. The average molecular weight is 225 g/mol. The van der Waals surface area contributed by atoms with Crippen LogP contribution >= 0.6 is 0 Å². The van der Waals surface area contributed by atoms with Gasteiger partial charge in [0.05, 0.1) is 37.5 Å². The second-order valence-electron chi connectivity index (χ2n) is 4.76. The number of hydrogen-bond acceptors (Lipinski definition) is 4. The van der Waals surface area contributed by atoms with Gasteiger partial charge in [-0.1, -0.05) is 0 Å². The highest BCUT2D eigenvalue weighted by atomic mass is 16.5. The van der Waals surface area contributed by atoms with Crippen LogP contribution in [0.1, 0.15) is 18.7 Å². The van der Waals surface area contributed by atoms with Gasteiger partial charge < -0.3 is 14.3 Å².